The topological polar surface area (TPSA) is 85.1 Å². The molecule has 0 bridgehead atoms. The number of nitrogen functional groups attached to an aromatic ring is 1. The fraction of sp³-hybridized carbons (Fsp3) is 0.250. The van der Waals surface area contributed by atoms with E-state index >= 15 is 0 Å². The van der Waals surface area contributed by atoms with E-state index in [0.717, 1.165) is 30.7 Å². The summed E-state index contributed by atoms with van der Waals surface area (Å²) >= 11 is 1.21. The van der Waals surface area contributed by atoms with E-state index in [9.17, 15) is 12.8 Å². The van der Waals surface area contributed by atoms with Gasteiger partial charge >= 0.3 is 0 Å². The van der Waals surface area contributed by atoms with Crippen LogP contribution in [0.15, 0.2) is 28.5 Å². The van der Waals surface area contributed by atoms with E-state index in [2.05, 4.69) is 9.71 Å². The van der Waals surface area contributed by atoms with Gasteiger partial charge in [0.2, 0.25) is 0 Å². The van der Waals surface area contributed by atoms with Gasteiger partial charge in [0, 0.05) is 11.3 Å². The minimum Gasteiger partial charge on any atom is -0.398 e. The zero-order valence-corrected chi connectivity index (χ0v) is 12.0. The molecule has 1 saturated carbocycles. The van der Waals surface area contributed by atoms with Crippen LogP contribution in [0.25, 0.3) is 0 Å². The molecule has 3 rings (SSSR count). The lowest BCUT2D eigenvalue weighted by Gasteiger charge is -2.07. The standard InChI is InChI=1S/C12H12FN3O2S2/c13-8-3-4-9(14)11(5-8)20(17,18)16-12-15-10(6-19-12)7-1-2-7/h3-7H,1-2,14H2,(H,15,16). The van der Waals surface area contributed by atoms with Gasteiger partial charge in [-0.3, -0.25) is 4.72 Å². The largest absolute Gasteiger partial charge is 0.398 e. The average molecular weight is 313 g/mol. The van der Waals surface area contributed by atoms with Gasteiger partial charge in [0.15, 0.2) is 5.13 Å². The summed E-state index contributed by atoms with van der Waals surface area (Å²) in [5.74, 6) is -0.207. The van der Waals surface area contributed by atoms with Crippen molar-refractivity contribution in [1.82, 2.24) is 4.98 Å². The van der Waals surface area contributed by atoms with Crippen molar-refractivity contribution in [3.05, 3.63) is 35.1 Å². The van der Waals surface area contributed by atoms with Crippen LogP contribution in [0.3, 0.4) is 0 Å². The molecule has 1 heterocycles. The monoisotopic (exact) mass is 313 g/mol. The van der Waals surface area contributed by atoms with Crippen molar-refractivity contribution in [1.29, 1.82) is 0 Å². The highest BCUT2D eigenvalue weighted by atomic mass is 32.2. The van der Waals surface area contributed by atoms with Crippen molar-refractivity contribution in [2.24, 2.45) is 0 Å². The number of aromatic nitrogens is 1. The Balaban J connectivity index is 1.89. The maximum absolute atomic E-state index is 13.2. The van der Waals surface area contributed by atoms with Gasteiger partial charge in [-0.25, -0.2) is 17.8 Å². The third kappa shape index (κ3) is 2.61. The first kappa shape index (κ1) is 13.3. The Kier molecular flexibility index (Phi) is 3.14. The van der Waals surface area contributed by atoms with Crippen LogP contribution >= 0.6 is 11.3 Å². The van der Waals surface area contributed by atoms with Gasteiger partial charge in [0.05, 0.1) is 11.4 Å². The highest BCUT2D eigenvalue weighted by molar-refractivity contribution is 7.93. The van der Waals surface area contributed by atoms with Crippen molar-refractivity contribution in [3.63, 3.8) is 0 Å². The molecule has 1 aromatic heterocycles. The summed E-state index contributed by atoms with van der Waals surface area (Å²) in [4.78, 5) is 3.95. The Hall–Kier alpha value is -1.67. The van der Waals surface area contributed by atoms with Crippen LogP contribution in [0.2, 0.25) is 0 Å². The normalized spacial score (nSPS) is 15.2. The lowest BCUT2D eigenvalue weighted by atomic mass is 10.3. The highest BCUT2D eigenvalue weighted by Gasteiger charge is 2.27. The number of nitrogens with two attached hydrogens (primary N) is 1. The number of thiazole rings is 1. The minimum atomic E-state index is -3.93. The van der Waals surface area contributed by atoms with E-state index in [1.165, 1.54) is 17.4 Å². The van der Waals surface area contributed by atoms with Crippen LogP contribution in [0.5, 0.6) is 0 Å². The van der Waals surface area contributed by atoms with E-state index < -0.39 is 15.8 Å². The maximum atomic E-state index is 13.2. The van der Waals surface area contributed by atoms with Gasteiger partial charge in [-0.05, 0) is 31.0 Å². The molecule has 5 nitrogen and oxygen atoms in total. The van der Waals surface area contributed by atoms with E-state index in [1.54, 1.807) is 0 Å². The first-order valence-corrected chi connectivity index (χ1v) is 8.35. The van der Waals surface area contributed by atoms with Crippen molar-refractivity contribution in [2.75, 3.05) is 10.5 Å². The first-order valence-electron chi connectivity index (χ1n) is 5.99. The molecular formula is C12H12FN3O2S2. The molecular weight excluding hydrogens is 301 g/mol. The van der Waals surface area contributed by atoms with Crippen LogP contribution in [0.4, 0.5) is 15.2 Å². The number of rotatable bonds is 4. The predicted molar refractivity (Wildman–Crippen MR) is 75.7 cm³/mol. The van der Waals surface area contributed by atoms with Crippen LogP contribution in [0.1, 0.15) is 24.5 Å². The molecule has 0 spiro atoms. The molecule has 1 aliphatic carbocycles. The number of nitrogens with zero attached hydrogens (tertiary/aromatic N) is 1. The summed E-state index contributed by atoms with van der Waals surface area (Å²) in [6.07, 6.45) is 2.18. The Labute approximate surface area is 119 Å². The zero-order chi connectivity index (χ0) is 14.3. The molecule has 0 saturated heterocycles. The molecule has 106 valence electrons. The lowest BCUT2D eigenvalue weighted by Crippen LogP contribution is -2.15. The summed E-state index contributed by atoms with van der Waals surface area (Å²) in [5.41, 5.74) is 6.49. The van der Waals surface area contributed by atoms with E-state index in [-0.39, 0.29) is 15.7 Å². The van der Waals surface area contributed by atoms with Gasteiger partial charge < -0.3 is 5.73 Å². The molecule has 0 atom stereocenters. The number of hydrogen-bond acceptors (Lipinski definition) is 5. The molecule has 1 fully saturated rings. The van der Waals surface area contributed by atoms with E-state index in [0.29, 0.717) is 5.92 Å². The molecule has 3 N–H and O–H groups in total. The number of halogens is 1. The Bertz CT molecular complexity index is 754. The Morgan fingerprint density at radius 3 is 2.85 bits per heavy atom. The first-order chi connectivity index (χ1) is 9.45. The fourth-order valence-electron chi connectivity index (χ4n) is 1.81. The SMILES string of the molecule is Nc1ccc(F)cc1S(=O)(=O)Nc1nc(C2CC2)cs1. The second-order valence-corrected chi connectivity index (χ2v) is 7.15. The number of hydrogen-bond donors (Lipinski definition) is 2. The van der Waals surface area contributed by atoms with Gasteiger partial charge in [-0.2, -0.15) is 0 Å². The summed E-state index contributed by atoms with van der Waals surface area (Å²) in [5, 5.41) is 2.11. The third-order valence-electron chi connectivity index (χ3n) is 3.00. The third-order valence-corrected chi connectivity index (χ3v) is 5.30. The minimum absolute atomic E-state index is 0.00197. The van der Waals surface area contributed by atoms with Crippen LogP contribution in [-0.4, -0.2) is 13.4 Å². The van der Waals surface area contributed by atoms with E-state index in [4.69, 9.17) is 5.73 Å². The van der Waals surface area contributed by atoms with Crippen molar-refractivity contribution < 1.29 is 12.8 Å². The molecule has 0 unspecified atom stereocenters. The predicted octanol–water partition coefficient (Wildman–Crippen LogP) is 2.54. The van der Waals surface area contributed by atoms with Gasteiger partial charge in [0.1, 0.15) is 10.7 Å². The quantitative estimate of drug-likeness (QED) is 0.849. The highest BCUT2D eigenvalue weighted by Crippen LogP contribution is 2.41. The summed E-state index contributed by atoms with van der Waals surface area (Å²) in [7, 11) is -3.93. The number of benzene rings is 1. The Morgan fingerprint density at radius 1 is 1.40 bits per heavy atom. The molecule has 2 aromatic rings. The fourth-order valence-corrected chi connectivity index (χ4v) is 4.00. The van der Waals surface area contributed by atoms with E-state index in [1.807, 2.05) is 5.38 Å². The molecule has 0 radical (unpaired) electrons. The summed E-state index contributed by atoms with van der Waals surface area (Å²) in [6.45, 7) is 0. The lowest BCUT2D eigenvalue weighted by molar-refractivity contribution is 0.596. The van der Waals surface area contributed by atoms with Crippen LogP contribution < -0.4 is 10.5 Å². The molecule has 1 aromatic carbocycles. The smallest absolute Gasteiger partial charge is 0.265 e. The van der Waals surface area contributed by atoms with Crippen LogP contribution in [-0.2, 0) is 10.0 Å². The van der Waals surface area contributed by atoms with Crippen LogP contribution in [0, 0.1) is 5.82 Å². The Morgan fingerprint density at radius 2 is 2.15 bits per heavy atom. The van der Waals surface area contributed by atoms with Gasteiger partial charge in [0.25, 0.3) is 10.0 Å². The van der Waals surface area contributed by atoms with Gasteiger partial charge in [-0.1, -0.05) is 0 Å². The van der Waals surface area contributed by atoms with Crippen molar-refractivity contribution >= 4 is 32.2 Å². The number of anilines is 2. The molecule has 0 amide bonds. The second kappa shape index (κ2) is 4.71. The molecule has 1 aliphatic rings. The zero-order valence-electron chi connectivity index (χ0n) is 10.3. The molecule has 8 heteroatoms. The number of nitrogens with one attached hydrogen (secondary N) is 1. The summed E-state index contributed by atoms with van der Waals surface area (Å²) in [6, 6.07) is 3.23. The second-order valence-electron chi connectivity index (χ2n) is 4.64. The molecule has 0 aliphatic heterocycles. The van der Waals surface area contributed by atoms with Gasteiger partial charge in [-0.15, -0.1) is 11.3 Å². The average Bonchev–Trinajstić information content (AvgIpc) is 3.13. The maximum Gasteiger partial charge on any atom is 0.265 e. The van der Waals surface area contributed by atoms with Crippen molar-refractivity contribution in [2.45, 2.75) is 23.7 Å². The van der Waals surface area contributed by atoms with Crippen molar-refractivity contribution in [3.8, 4) is 0 Å². The summed E-state index contributed by atoms with van der Waals surface area (Å²) < 4.78 is 39.9. The number of sulfonamides is 1. The molecule has 20 heavy (non-hydrogen) atoms.